The van der Waals surface area contributed by atoms with Crippen molar-refractivity contribution in [3.63, 3.8) is 0 Å². The lowest BCUT2D eigenvalue weighted by atomic mass is 10.0. The predicted molar refractivity (Wildman–Crippen MR) is 85.2 cm³/mol. The number of aliphatic hydroxyl groups excluding tert-OH is 1. The van der Waals surface area contributed by atoms with Crippen LogP contribution in [-0.4, -0.2) is 30.8 Å². The van der Waals surface area contributed by atoms with Gasteiger partial charge < -0.3 is 15.2 Å². The summed E-state index contributed by atoms with van der Waals surface area (Å²) in [5, 5.41) is 12.5. The first kappa shape index (κ1) is 17.2. The van der Waals surface area contributed by atoms with Crippen LogP contribution in [0, 0.1) is 12.8 Å². The lowest BCUT2D eigenvalue weighted by Crippen LogP contribution is -2.34. The average Bonchev–Trinajstić information content (AvgIpc) is 2.49. The van der Waals surface area contributed by atoms with Crippen LogP contribution in [0.5, 0.6) is 5.75 Å². The summed E-state index contributed by atoms with van der Waals surface area (Å²) >= 11 is 0. The molecule has 2 unspecified atom stereocenters. The number of nitrogens with one attached hydrogen (secondary N) is 1. The Morgan fingerprint density at radius 3 is 2.81 bits per heavy atom. The molecule has 1 rings (SSSR count). The smallest absolute Gasteiger partial charge is 0.244 e. The van der Waals surface area contributed by atoms with Crippen LogP contribution in [0.15, 0.2) is 24.3 Å². The van der Waals surface area contributed by atoms with Crippen molar-refractivity contribution >= 4 is 12.0 Å². The first-order chi connectivity index (χ1) is 9.97. The Morgan fingerprint density at radius 1 is 1.48 bits per heavy atom. The van der Waals surface area contributed by atoms with E-state index >= 15 is 0 Å². The zero-order chi connectivity index (χ0) is 15.8. The van der Waals surface area contributed by atoms with Crippen molar-refractivity contribution in [2.24, 2.45) is 5.92 Å². The molecule has 4 nitrogen and oxygen atoms in total. The Morgan fingerprint density at radius 2 is 2.19 bits per heavy atom. The minimum Gasteiger partial charge on any atom is -0.496 e. The molecule has 0 aliphatic heterocycles. The maximum atomic E-state index is 11.8. The van der Waals surface area contributed by atoms with E-state index in [1.807, 2.05) is 39.0 Å². The SMILES string of the molecule is CCC(C)C(O)CNC(=O)/C=C/c1cc(C)ccc1OC. The van der Waals surface area contributed by atoms with E-state index in [0.29, 0.717) is 0 Å². The van der Waals surface area contributed by atoms with E-state index in [1.54, 1.807) is 13.2 Å². The van der Waals surface area contributed by atoms with Gasteiger partial charge in [-0.25, -0.2) is 0 Å². The van der Waals surface area contributed by atoms with Gasteiger partial charge in [-0.1, -0.05) is 31.9 Å². The highest BCUT2D eigenvalue weighted by molar-refractivity contribution is 5.92. The van der Waals surface area contributed by atoms with E-state index in [1.165, 1.54) is 6.08 Å². The number of carbonyl (C=O) groups is 1. The number of methoxy groups -OCH3 is 1. The average molecular weight is 291 g/mol. The topological polar surface area (TPSA) is 58.6 Å². The standard InChI is InChI=1S/C17H25NO3/c1-5-13(3)15(19)11-18-17(20)9-7-14-10-12(2)6-8-16(14)21-4/h6-10,13,15,19H,5,11H2,1-4H3,(H,18,20)/b9-7+. The molecule has 0 fully saturated rings. The van der Waals surface area contributed by atoms with Crippen molar-refractivity contribution in [1.29, 1.82) is 0 Å². The summed E-state index contributed by atoms with van der Waals surface area (Å²) in [4.78, 5) is 11.8. The summed E-state index contributed by atoms with van der Waals surface area (Å²) in [6.45, 7) is 6.23. The number of aryl methyl sites for hydroxylation is 1. The molecule has 0 radical (unpaired) electrons. The lowest BCUT2D eigenvalue weighted by molar-refractivity contribution is -0.117. The number of aliphatic hydroxyl groups is 1. The molecular formula is C17H25NO3. The Kier molecular flexibility index (Phi) is 6.96. The third kappa shape index (κ3) is 5.60. The largest absolute Gasteiger partial charge is 0.496 e. The normalized spacial score (nSPS) is 14.0. The van der Waals surface area contributed by atoms with Gasteiger partial charge in [-0.15, -0.1) is 0 Å². The molecule has 0 heterocycles. The van der Waals surface area contributed by atoms with Crippen molar-refractivity contribution in [2.45, 2.75) is 33.3 Å². The minimum atomic E-state index is -0.513. The highest BCUT2D eigenvalue weighted by atomic mass is 16.5. The zero-order valence-corrected chi connectivity index (χ0v) is 13.2. The highest BCUT2D eigenvalue weighted by Gasteiger charge is 2.12. The van der Waals surface area contributed by atoms with Crippen LogP contribution in [0.3, 0.4) is 0 Å². The maximum absolute atomic E-state index is 11.8. The number of rotatable bonds is 7. The number of amides is 1. The van der Waals surface area contributed by atoms with E-state index in [9.17, 15) is 9.90 Å². The summed E-state index contributed by atoms with van der Waals surface area (Å²) in [5.41, 5.74) is 1.96. The molecule has 1 aromatic carbocycles. The van der Waals surface area contributed by atoms with Crippen LogP contribution in [-0.2, 0) is 4.79 Å². The molecule has 4 heteroatoms. The quantitative estimate of drug-likeness (QED) is 0.759. The van der Waals surface area contributed by atoms with E-state index in [-0.39, 0.29) is 18.4 Å². The van der Waals surface area contributed by atoms with Gasteiger partial charge in [0.25, 0.3) is 0 Å². The summed E-state index contributed by atoms with van der Waals surface area (Å²) in [7, 11) is 1.60. The molecule has 21 heavy (non-hydrogen) atoms. The number of hydrogen-bond donors (Lipinski definition) is 2. The number of benzene rings is 1. The second kappa shape index (κ2) is 8.47. The molecule has 2 atom stereocenters. The van der Waals surface area contributed by atoms with Crippen LogP contribution in [0.1, 0.15) is 31.4 Å². The number of hydrogen-bond acceptors (Lipinski definition) is 3. The number of ether oxygens (including phenoxy) is 1. The minimum absolute atomic E-state index is 0.172. The molecular weight excluding hydrogens is 266 g/mol. The van der Waals surface area contributed by atoms with Crippen molar-refractivity contribution < 1.29 is 14.6 Å². The van der Waals surface area contributed by atoms with Crippen molar-refractivity contribution in [1.82, 2.24) is 5.32 Å². The Hall–Kier alpha value is -1.81. The molecule has 0 aromatic heterocycles. The fraction of sp³-hybridized carbons (Fsp3) is 0.471. The van der Waals surface area contributed by atoms with Crippen LogP contribution in [0.4, 0.5) is 0 Å². The summed E-state index contributed by atoms with van der Waals surface area (Å²) in [6.07, 6.45) is 3.55. The second-order valence-corrected chi connectivity index (χ2v) is 5.28. The van der Waals surface area contributed by atoms with Gasteiger partial charge in [-0.2, -0.15) is 0 Å². The molecule has 0 aliphatic carbocycles. The number of carbonyl (C=O) groups excluding carboxylic acids is 1. The van der Waals surface area contributed by atoms with Gasteiger partial charge in [-0.3, -0.25) is 4.79 Å². The summed E-state index contributed by atoms with van der Waals surface area (Å²) in [6, 6.07) is 5.79. The van der Waals surface area contributed by atoms with Gasteiger partial charge in [0.2, 0.25) is 5.91 Å². The molecule has 0 bridgehead atoms. The molecule has 0 aliphatic rings. The van der Waals surface area contributed by atoms with E-state index in [2.05, 4.69) is 5.32 Å². The predicted octanol–water partition coefficient (Wildman–Crippen LogP) is 2.54. The third-order valence-corrected chi connectivity index (χ3v) is 3.59. The third-order valence-electron chi connectivity index (χ3n) is 3.59. The molecule has 2 N–H and O–H groups in total. The van der Waals surface area contributed by atoms with Gasteiger partial charge >= 0.3 is 0 Å². The van der Waals surface area contributed by atoms with E-state index in [0.717, 1.165) is 23.3 Å². The van der Waals surface area contributed by atoms with Crippen LogP contribution < -0.4 is 10.1 Å². The summed E-state index contributed by atoms with van der Waals surface area (Å²) < 4.78 is 5.25. The highest BCUT2D eigenvalue weighted by Crippen LogP contribution is 2.20. The first-order valence-electron chi connectivity index (χ1n) is 7.26. The Labute approximate surface area is 126 Å². The van der Waals surface area contributed by atoms with E-state index < -0.39 is 6.10 Å². The molecule has 0 saturated carbocycles. The molecule has 0 saturated heterocycles. The zero-order valence-electron chi connectivity index (χ0n) is 13.2. The Balaban J connectivity index is 2.60. The van der Waals surface area contributed by atoms with E-state index in [4.69, 9.17) is 4.74 Å². The molecule has 1 aromatic rings. The van der Waals surface area contributed by atoms with Crippen LogP contribution in [0.25, 0.3) is 6.08 Å². The summed E-state index contributed by atoms with van der Waals surface area (Å²) in [5.74, 6) is 0.677. The maximum Gasteiger partial charge on any atom is 0.244 e. The molecule has 1 amide bonds. The van der Waals surface area contributed by atoms with Crippen LogP contribution >= 0.6 is 0 Å². The molecule has 116 valence electrons. The van der Waals surface area contributed by atoms with Crippen molar-refractivity contribution in [3.8, 4) is 5.75 Å². The van der Waals surface area contributed by atoms with Crippen LogP contribution in [0.2, 0.25) is 0 Å². The van der Waals surface area contributed by atoms with Gasteiger partial charge in [0, 0.05) is 18.2 Å². The first-order valence-corrected chi connectivity index (χ1v) is 7.26. The van der Waals surface area contributed by atoms with Crippen molar-refractivity contribution in [2.75, 3.05) is 13.7 Å². The van der Waals surface area contributed by atoms with Gasteiger partial charge in [-0.05, 0) is 31.1 Å². The van der Waals surface area contributed by atoms with Gasteiger partial charge in [0.1, 0.15) is 5.75 Å². The molecule has 0 spiro atoms. The second-order valence-electron chi connectivity index (χ2n) is 5.28. The lowest BCUT2D eigenvalue weighted by Gasteiger charge is -2.16. The van der Waals surface area contributed by atoms with Gasteiger partial charge in [0.15, 0.2) is 0 Å². The fourth-order valence-electron chi connectivity index (χ4n) is 1.89. The van der Waals surface area contributed by atoms with Gasteiger partial charge in [0.05, 0.1) is 13.2 Å². The van der Waals surface area contributed by atoms with Crippen molar-refractivity contribution in [3.05, 3.63) is 35.4 Å². The fourth-order valence-corrected chi connectivity index (χ4v) is 1.89. The Bertz CT molecular complexity index is 497. The monoisotopic (exact) mass is 291 g/mol.